The molecule has 178 valence electrons. The third kappa shape index (κ3) is 8.86. The van der Waals surface area contributed by atoms with Crippen molar-refractivity contribution in [2.24, 2.45) is 10.8 Å². The summed E-state index contributed by atoms with van der Waals surface area (Å²) in [4.78, 5) is 24.4. The second kappa shape index (κ2) is 12.6. The number of halogens is 1. The summed E-state index contributed by atoms with van der Waals surface area (Å²) in [6, 6.07) is 9.41. The molecule has 1 heterocycles. The fourth-order valence-corrected chi connectivity index (χ4v) is 6.31. The summed E-state index contributed by atoms with van der Waals surface area (Å²) in [5, 5.41) is 0.991. The summed E-state index contributed by atoms with van der Waals surface area (Å²) in [6.07, 6.45) is 2.73. The number of hydrogen-bond acceptors (Lipinski definition) is 6. The van der Waals surface area contributed by atoms with E-state index in [1.54, 1.807) is 6.07 Å². The molecule has 2 aromatic rings. The van der Waals surface area contributed by atoms with Gasteiger partial charge in [-0.25, -0.2) is 0 Å². The molecule has 7 heteroatoms. The molecule has 4 nitrogen and oxygen atoms in total. The summed E-state index contributed by atoms with van der Waals surface area (Å²) in [5.74, 6) is 2.49. The molecule has 0 aliphatic heterocycles. The maximum Gasteiger partial charge on any atom is 0.312 e. The van der Waals surface area contributed by atoms with Crippen LogP contribution in [0.15, 0.2) is 35.1 Å². The monoisotopic (exact) mass is 590 g/mol. The van der Waals surface area contributed by atoms with Gasteiger partial charge in [0.1, 0.15) is 5.75 Å². The second-order valence-corrected chi connectivity index (χ2v) is 13.5. The minimum Gasteiger partial charge on any atom is -0.493 e. The van der Waals surface area contributed by atoms with Crippen LogP contribution in [0.5, 0.6) is 5.75 Å². The van der Waals surface area contributed by atoms with E-state index in [0.29, 0.717) is 19.0 Å². The van der Waals surface area contributed by atoms with E-state index in [-0.39, 0.29) is 20.1 Å². The molecule has 1 atom stereocenters. The SMILES string of the molecule is CC(C)(C)CC(I)C(C)(C)C(=O)OCCCSCCCOc1cc(=O)sc2ccccc12. The number of carbonyl (C=O) groups is 1. The Kier molecular flexibility index (Phi) is 10.8. The molecule has 0 radical (unpaired) electrons. The van der Waals surface area contributed by atoms with E-state index in [1.165, 1.54) is 11.3 Å². The summed E-state index contributed by atoms with van der Waals surface area (Å²) in [7, 11) is 0. The average molecular weight is 591 g/mol. The summed E-state index contributed by atoms with van der Waals surface area (Å²) >= 11 is 5.47. The molecule has 0 bridgehead atoms. The lowest BCUT2D eigenvalue weighted by molar-refractivity contribution is -0.153. The van der Waals surface area contributed by atoms with E-state index in [2.05, 4.69) is 43.4 Å². The number of rotatable bonds is 12. The van der Waals surface area contributed by atoms with Crippen molar-refractivity contribution < 1.29 is 14.3 Å². The number of hydrogen-bond donors (Lipinski definition) is 0. The van der Waals surface area contributed by atoms with Crippen LogP contribution in [0.3, 0.4) is 0 Å². The molecule has 0 aliphatic carbocycles. The van der Waals surface area contributed by atoms with Crippen molar-refractivity contribution in [3.8, 4) is 5.75 Å². The largest absolute Gasteiger partial charge is 0.493 e. The topological polar surface area (TPSA) is 52.6 Å². The molecule has 1 aromatic heterocycles. The first kappa shape index (κ1) is 27.4. The summed E-state index contributed by atoms with van der Waals surface area (Å²) < 4.78 is 12.6. The van der Waals surface area contributed by atoms with E-state index in [9.17, 15) is 9.59 Å². The Hall–Kier alpha value is -0.800. The molecular weight excluding hydrogens is 555 g/mol. The van der Waals surface area contributed by atoms with E-state index < -0.39 is 5.41 Å². The highest BCUT2D eigenvalue weighted by molar-refractivity contribution is 14.1. The molecule has 0 saturated heterocycles. The zero-order valence-electron chi connectivity index (χ0n) is 19.7. The lowest BCUT2D eigenvalue weighted by atomic mass is 9.80. The third-order valence-corrected chi connectivity index (χ3v) is 9.12. The van der Waals surface area contributed by atoms with Crippen LogP contribution in [0.1, 0.15) is 53.9 Å². The predicted molar refractivity (Wildman–Crippen MR) is 147 cm³/mol. The second-order valence-electron chi connectivity index (χ2n) is 9.68. The van der Waals surface area contributed by atoms with Crippen molar-refractivity contribution in [3.05, 3.63) is 39.9 Å². The van der Waals surface area contributed by atoms with Crippen LogP contribution < -0.4 is 9.48 Å². The van der Waals surface area contributed by atoms with Crippen LogP contribution in [0.2, 0.25) is 0 Å². The van der Waals surface area contributed by atoms with Gasteiger partial charge < -0.3 is 9.47 Å². The van der Waals surface area contributed by atoms with Crippen molar-refractivity contribution in [1.82, 2.24) is 0 Å². The van der Waals surface area contributed by atoms with Crippen LogP contribution in [-0.4, -0.2) is 34.6 Å². The molecule has 0 saturated carbocycles. The Morgan fingerprint density at radius 2 is 1.75 bits per heavy atom. The normalized spacial score (nSPS) is 13.2. The highest BCUT2D eigenvalue weighted by atomic mass is 127. The van der Waals surface area contributed by atoms with Crippen LogP contribution in [0.25, 0.3) is 10.1 Å². The Bertz CT molecular complexity index is 933. The number of thioether (sulfide) groups is 1. The van der Waals surface area contributed by atoms with Crippen molar-refractivity contribution in [2.45, 2.75) is 57.8 Å². The van der Waals surface area contributed by atoms with Gasteiger partial charge in [-0.2, -0.15) is 11.8 Å². The van der Waals surface area contributed by atoms with Gasteiger partial charge in [0.2, 0.25) is 4.74 Å². The first-order chi connectivity index (χ1) is 15.0. The Morgan fingerprint density at radius 3 is 2.44 bits per heavy atom. The molecule has 0 fully saturated rings. The number of benzene rings is 1. The number of alkyl halides is 1. The van der Waals surface area contributed by atoms with Crippen molar-refractivity contribution >= 4 is 61.7 Å². The first-order valence-electron chi connectivity index (χ1n) is 11.1. The Labute approximate surface area is 214 Å². The zero-order chi connectivity index (χ0) is 23.8. The lowest BCUT2D eigenvalue weighted by Crippen LogP contribution is -2.37. The van der Waals surface area contributed by atoms with Gasteiger partial charge in [0.05, 0.1) is 18.6 Å². The van der Waals surface area contributed by atoms with Gasteiger partial charge in [-0.05, 0) is 62.2 Å². The molecule has 0 aliphatic rings. The fourth-order valence-electron chi connectivity index (χ4n) is 3.08. The number of ether oxygens (including phenoxy) is 2. The average Bonchev–Trinajstić information content (AvgIpc) is 2.70. The summed E-state index contributed by atoms with van der Waals surface area (Å²) in [5.41, 5.74) is -0.292. The van der Waals surface area contributed by atoms with Crippen LogP contribution in [0.4, 0.5) is 0 Å². The van der Waals surface area contributed by atoms with Gasteiger partial charge in [0, 0.05) is 20.1 Å². The standard InChI is InChI=1S/C25H35IO4S2/c1-24(2,3)17-21(26)25(4,5)23(28)30-13-9-15-31-14-8-12-29-19-16-22(27)32-20-11-7-6-10-18(19)20/h6-7,10-11,16,21H,8-9,12-15,17H2,1-5H3. The van der Waals surface area contributed by atoms with Gasteiger partial charge in [-0.1, -0.05) is 66.8 Å². The minimum atomic E-state index is -0.482. The number of carbonyl (C=O) groups excluding carboxylic acids is 1. The number of esters is 1. The highest BCUT2D eigenvalue weighted by Gasteiger charge is 2.38. The fraction of sp³-hybridized carbons (Fsp3) is 0.600. The van der Waals surface area contributed by atoms with E-state index in [4.69, 9.17) is 9.47 Å². The highest BCUT2D eigenvalue weighted by Crippen LogP contribution is 2.37. The molecule has 0 N–H and O–H groups in total. The maximum absolute atomic E-state index is 12.5. The van der Waals surface area contributed by atoms with Gasteiger partial charge in [-0.15, -0.1) is 0 Å². The molecule has 1 aromatic carbocycles. The Morgan fingerprint density at radius 1 is 1.09 bits per heavy atom. The van der Waals surface area contributed by atoms with Gasteiger partial charge in [-0.3, -0.25) is 9.59 Å². The lowest BCUT2D eigenvalue weighted by Gasteiger charge is -2.32. The van der Waals surface area contributed by atoms with Crippen molar-refractivity contribution in [1.29, 1.82) is 0 Å². The first-order valence-corrected chi connectivity index (χ1v) is 14.3. The van der Waals surface area contributed by atoms with Gasteiger partial charge in [0.15, 0.2) is 0 Å². The van der Waals surface area contributed by atoms with Crippen LogP contribution in [0, 0.1) is 10.8 Å². The van der Waals surface area contributed by atoms with E-state index >= 15 is 0 Å². The van der Waals surface area contributed by atoms with Crippen molar-refractivity contribution in [3.63, 3.8) is 0 Å². The zero-order valence-corrected chi connectivity index (χ0v) is 23.5. The van der Waals surface area contributed by atoms with Gasteiger partial charge in [0.25, 0.3) is 0 Å². The van der Waals surface area contributed by atoms with Crippen LogP contribution in [-0.2, 0) is 9.53 Å². The maximum atomic E-state index is 12.5. The van der Waals surface area contributed by atoms with Crippen LogP contribution >= 0.6 is 45.7 Å². The van der Waals surface area contributed by atoms with E-state index in [1.807, 2.05) is 49.9 Å². The van der Waals surface area contributed by atoms with E-state index in [0.717, 1.165) is 40.9 Å². The molecule has 2 rings (SSSR count). The quantitative estimate of drug-likeness (QED) is 0.116. The number of fused-ring (bicyclic) bond motifs is 1. The molecule has 32 heavy (non-hydrogen) atoms. The van der Waals surface area contributed by atoms with Crippen molar-refractivity contribution in [2.75, 3.05) is 24.7 Å². The molecule has 0 spiro atoms. The van der Waals surface area contributed by atoms with Gasteiger partial charge >= 0.3 is 5.97 Å². The molecule has 1 unspecified atom stereocenters. The minimum absolute atomic E-state index is 0.0121. The summed E-state index contributed by atoms with van der Waals surface area (Å²) in [6.45, 7) is 11.6. The smallest absolute Gasteiger partial charge is 0.312 e. The molecular formula is C25H35IO4S2. The third-order valence-electron chi connectivity index (χ3n) is 5.07. The molecule has 0 amide bonds. The Balaban J connectivity index is 1.61. The predicted octanol–water partition coefficient (Wildman–Crippen LogP) is 6.96.